The quantitative estimate of drug-likeness (QED) is 0.567. The Labute approximate surface area is 133 Å². The number of benzene rings is 2. The summed E-state index contributed by atoms with van der Waals surface area (Å²) in [7, 11) is 2.02. The van der Waals surface area contributed by atoms with Crippen molar-refractivity contribution < 1.29 is 0 Å². The van der Waals surface area contributed by atoms with Crippen molar-refractivity contribution in [3.63, 3.8) is 0 Å². The first kappa shape index (κ1) is 16.1. The monoisotopic (exact) mass is 299 g/mol. The van der Waals surface area contributed by atoms with Gasteiger partial charge in [-0.15, -0.1) is 11.8 Å². The molecule has 0 aliphatic rings. The van der Waals surface area contributed by atoms with Crippen molar-refractivity contribution in [1.82, 2.24) is 5.32 Å². The Hall–Kier alpha value is -1.25. The van der Waals surface area contributed by atoms with Crippen molar-refractivity contribution in [2.24, 2.45) is 0 Å². The molecule has 21 heavy (non-hydrogen) atoms. The summed E-state index contributed by atoms with van der Waals surface area (Å²) in [5.74, 6) is 0. The van der Waals surface area contributed by atoms with Crippen LogP contribution >= 0.6 is 11.8 Å². The molecule has 0 atom stereocenters. The van der Waals surface area contributed by atoms with Crippen LogP contribution in [0.25, 0.3) is 0 Å². The van der Waals surface area contributed by atoms with E-state index in [-0.39, 0.29) is 0 Å². The Morgan fingerprint density at radius 2 is 1.76 bits per heavy atom. The Morgan fingerprint density at radius 1 is 0.952 bits per heavy atom. The van der Waals surface area contributed by atoms with Crippen LogP contribution in [-0.2, 0) is 12.8 Å². The highest BCUT2D eigenvalue weighted by atomic mass is 32.2. The first-order valence-electron chi connectivity index (χ1n) is 7.68. The second kappa shape index (κ2) is 8.91. The van der Waals surface area contributed by atoms with E-state index in [1.54, 1.807) is 0 Å². The summed E-state index contributed by atoms with van der Waals surface area (Å²) >= 11 is 1.82. The Balaban J connectivity index is 2.11. The number of hydrogen-bond acceptors (Lipinski definition) is 2. The Morgan fingerprint density at radius 3 is 2.48 bits per heavy atom. The van der Waals surface area contributed by atoms with E-state index in [4.69, 9.17) is 0 Å². The van der Waals surface area contributed by atoms with E-state index in [0.717, 1.165) is 13.0 Å². The molecule has 2 aromatic rings. The van der Waals surface area contributed by atoms with Gasteiger partial charge in [0.1, 0.15) is 0 Å². The van der Waals surface area contributed by atoms with Crippen molar-refractivity contribution in [2.75, 3.05) is 19.8 Å². The predicted octanol–water partition coefficient (Wildman–Crippen LogP) is 4.54. The van der Waals surface area contributed by atoms with Crippen LogP contribution in [0.1, 0.15) is 29.5 Å². The third-order valence-electron chi connectivity index (χ3n) is 3.77. The lowest BCUT2D eigenvalue weighted by molar-refractivity contribution is 0.675. The molecule has 0 aliphatic carbocycles. The fraction of sp³-hybridized carbons (Fsp3) is 0.368. The van der Waals surface area contributed by atoms with Crippen LogP contribution < -0.4 is 5.32 Å². The fourth-order valence-electron chi connectivity index (χ4n) is 2.57. The molecule has 0 aromatic heterocycles. The summed E-state index contributed by atoms with van der Waals surface area (Å²) in [5, 5.41) is 3.22. The molecular weight excluding hydrogens is 274 g/mol. The lowest BCUT2D eigenvalue weighted by Crippen LogP contribution is -2.07. The maximum absolute atomic E-state index is 3.22. The average molecular weight is 299 g/mol. The molecule has 1 N–H and O–H groups in total. The third-order valence-corrected chi connectivity index (χ3v) is 4.50. The number of rotatable bonds is 8. The van der Waals surface area contributed by atoms with Crippen molar-refractivity contribution in [1.29, 1.82) is 0 Å². The summed E-state index contributed by atoms with van der Waals surface area (Å²) in [4.78, 5) is 1.36. The van der Waals surface area contributed by atoms with Gasteiger partial charge < -0.3 is 5.32 Å². The molecule has 0 amide bonds. The molecule has 0 bridgehead atoms. The molecular formula is C19H25NS. The van der Waals surface area contributed by atoms with E-state index in [2.05, 4.69) is 60.1 Å². The van der Waals surface area contributed by atoms with Gasteiger partial charge in [0.2, 0.25) is 0 Å². The van der Waals surface area contributed by atoms with Gasteiger partial charge in [0, 0.05) is 4.90 Å². The number of nitrogens with one attached hydrogen (secondary N) is 1. The minimum atomic E-state index is 1.04. The molecule has 0 unspecified atom stereocenters. The standard InChI is InChI=1S/C19H25NS/c1-20-13-7-6-10-17-11-12-19(21-2)15-18(17)14-16-8-4-3-5-9-16/h3-5,8-9,11-12,15,20H,6-7,10,13-14H2,1-2H3. The van der Waals surface area contributed by atoms with Gasteiger partial charge in [-0.05, 0) is 74.4 Å². The van der Waals surface area contributed by atoms with E-state index < -0.39 is 0 Å². The van der Waals surface area contributed by atoms with Gasteiger partial charge in [-0.3, -0.25) is 0 Å². The Kier molecular flexibility index (Phi) is 6.84. The molecule has 0 radical (unpaired) electrons. The zero-order valence-corrected chi connectivity index (χ0v) is 13.9. The minimum absolute atomic E-state index is 1.04. The zero-order valence-electron chi connectivity index (χ0n) is 13.1. The van der Waals surface area contributed by atoms with Gasteiger partial charge in [-0.1, -0.05) is 36.4 Å². The van der Waals surface area contributed by atoms with Crippen LogP contribution in [0.5, 0.6) is 0 Å². The van der Waals surface area contributed by atoms with Gasteiger partial charge in [-0.25, -0.2) is 0 Å². The van der Waals surface area contributed by atoms with Crippen molar-refractivity contribution in [2.45, 2.75) is 30.6 Å². The second-order valence-corrected chi connectivity index (χ2v) is 6.24. The van der Waals surface area contributed by atoms with Crippen LogP contribution in [0.2, 0.25) is 0 Å². The first-order valence-corrected chi connectivity index (χ1v) is 8.90. The molecule has 0 saturated carbocycles. The lowest BCUT2D eigenvalue weighted by Gasteiger charge is -2.12. The molecule has 0 saturated heterocycles. The fourth-order valence-corrected chi connectivity index (χ4v) is 3.03. The van der Waals surface area contributed by atoms with Gasteiger partial charge in [0.25, 0.3) is 0 Å². The number of aryl methyl sites for hydroxylation is 1. The smallest absolute Gasteiger partial charge is 0.00721 e. The van der Waals surface area contributed by atoms with E-state index in [1.165, 1.54) is 40.8 Å². The van der Waals surface area contributed by atoms with Crippen LogP contribution in [0.15, 0.2) is 53.4 Å². The van der Waals surface area contributed by atoms with E-state index >= 15 is 0 Å². The van der Waals surface area contributed by atoms with Gasteiger partial charge >= 0.3 is 0 Å². The van der Waals surface area contributed by atoms with Crippen LogP contribution in [-0.4, -0.2) is 19.8 Å². The SMILES string of the molecule is CNCCCCc1ccc(SC)cc1Cc1ccccc1. The molecule has 0 spiro atoms. The normalized spacial score (nSPS) is 10.8. The second-order valence-electron chi connectivity index (χ2n) is 5.36. The number of hydrogen-bond donors (Lipinski definition) is 1. The molecule has 112 valence electrons. The zero-order chi connectivity index (χ0) is 14.9. The number of unbranched alkanes of at least 4 members (excludes halogenated alkanes) is 1. The van der Waals surface area contributed by atoms with Crippen molar-refractivity contribution >= 4 is 11.8 Å². The van der Waals surface area contributed by atoms with Crippen LogP contribution in [0.3, 0.4) is 0 Å². The van der Waals surface area contributed by atoms with Crippen molar-refractivity contribution in [3.8, 4) is 0 Å². The average Bonchev–Trinajstić information content (AvgIpc) is 2.53. The summed E-state index contributed by atoms with van der Waals surface area (Å²) in [6, 6.07) is 17.7. The maximum atomic E-state index is 3.22. The van der Waals surface area contributed by atoms with E-state index in [0.29, 0.717) is 0 Å². The third kappa shape index (κ3) is 5.22. The molecule has 2 rings (SSSR count). The van der Waals surface area contributed by atoms with Gasteiger partial charge in [0.05, 0.1) is 0 Å². The maximum Gasteiger partial charge on any atom is 0.00721 e. The molecule has 0 aliphatic heterocycles. The summed E-state index contributed by atoms with van der Waals surface area (Å²) in [5.41, 5.74) is 4.39. The first-order chi connectivity index (χ1) is 10.3. The van der Waals surface area contributed by atoms with E-state index in [1.807, 2.05) is 18.8 Å². The predicted molar refractivity (Wildman–Crippen MR) is 94.3 cm³/mol. The van der Waals surface area contributed by atoms with E-state index in [9.17, 15) is 0 Å². The summed E-state index contributed by atoms with van der Waals surface area (Å²) in [6.07, 6.45) is 6.86. The van der Waals surface area contributed by atoms with Crippen molar-refractivity contribution in [3.05, 3.63) is 65.2 Å². The number of thioether (sulfide) groups is 1. The molecule has 2 heteroatoms. The van der Waals surface area contributed by atoms with Crippen LogP contribution in [0, 0.1) is 0 Å². The van der Waals surface area contributed by atoms with Gasteiger partial charge in [-0.2, -0.15) is 0 Å². The highest BCUT2D eigenvalue weighted by Crippen LogP contribution is 2.23. The molecule has 1 nitrogen and oxygen atoms in total. The van der Waals surface area contributed by atoms with Gasteiger partial charge in [0.15, 0.2) is 0 Å². The summed E-state index contributed by atoms with van der Waals surface area (Å²) < 4.78 is 0. The molecule has 0 heterocycles. The topological polar surface area (TPSA) is 12.0 Å². The lowest BCUT2D eigenvalue weighted by atomic mass is 9.96. The Bertz CT molecular complexity index is 537. The van der Waals surface area contributed by atoms with Crippen LogP contribution in [0.4, 0.5) is 0 Å². The molecule has 2 aromatic carbocycles. The minimum Gasteiger partial charge on any atom is -0.320 e. The highest BCUT2D eigenvalue weighted by Gasteiger charge is 2.05. The summed E-state index contributed by atoms with van der Waals surface area (Å²) in [6.45, 7) is 1.11. The highest BCUT2D eigenvalue weighted by molar-refractivity contribution is 7.98. The molecule has 0 fully saturated rings. The largest absolute Gasteiger partial charge is 0.320 e.